The number of aliphatic hydroxyl groups excluding tert-OH is 1. The number of hydrogen-bond donors (Lipinski definition) is 2. The molecule has 0 saturated carbocycles. The summed E-state index contributed by atoms with van der Waals surface area (Å²) in [7, 11) is 1.38. The fraction of sp³-hybridized carbons (Fsp3) is 0.200. The number of ether oxygens (including phenoxy) is 1. The maximum atomic E-state index is 13.0. The molecular weight excluding hydrogens is 465 g/mol. The number of fused-ring (bicyclic) bond motifs is 1. The lowest BCUT2D eigenvalue weighted by molar-refractivity contribution is -0.207. The third-order valence-corrected chi connectivity index (χ3v) is 4.99. The number of aromatic nitrogens is 5. The lowest BCUT2D eigenvalue weighted by Crippen LogP contribution is -2.33. The van der Waals surface area contributed by atoms with Crippen molar-refractivity contribution in [3.63, 3.8) is 0 Å². The predicted molar refractivity (Wildman–Crippen MR) is 112 cm³/mol. The average Bonchev–Trinajstić information content (AvgIpc) is 3.37. The summed E-state index contributed by atoms with van der Waals surface area (Å²) < 4.78 is 46.7. The summed E-state index contributed by atoms with van der Waals surface area (Å²) in [6, 6.07) is 6.16. The number of methoxy groups -OCH3 is 1. The Balaban J connectivity index is 1.78. The van der Waals surface area contributed by atoms with Crippen LogP contribution in [-0.4, -0.2) is 54.8 Å². The number of benzene rings is 1. The third-order valence-electron chi connectivity index (χ3n) is 4.75. The number of alkyl halides is 3. The number of halogens is 4. The second kappa shape index (κ2) is 8.71. The fourth-order valence-electron chi connectivity index (χ4n) is 3.21. The number of nitrogens with one attached hydrogen (secondary N) is 1. The van der Waals surface area contributed by atoms with Gasteiger partial charge in [-0.1, -0.05) is 11.6 Å². The summed E-state index contributed by atoms with van der Waals surface area (Å²) in [5, 5.41) is 20.5. The minimum Gasteiger partial charge on any atom is -0.496 e. The number of aliphatic hydroxyl groups is 1. The van der Waals surface area contributed by atoms with Crippen molar-refractivity contribution in [1.82, 2.24) is 24.4 Å². The van der Waals surface area contributed by atoms with E-state index in [1.54, 1.807) is 12.3 Å². The van der Waals surface area contributed by atoms with Gasteiger partial charge in [0.25, 0.3) is 5.91 Å². The van der Waals surface area contributed by atoms with Gasteiger partial charge in [-0.05, 0) is 24.3 Å². The highest BCUT2D eigenvalue weighted by Gasteiger charge is 2.39. The van der Waals surface area contributed by atoms with Crippen LogP contribution in [0.15, 0.2) is 49.1 Å². The summed E-state index contributed by atoms with van der Waals surface area (Å²) in [6.45, 7) is -0.914. The number of anilines is 1. The van der Waals surface area contributed by atoms with Crippen molar-refractivity contribution >= 4 is 28.8 Å². The second-order valence-corrected chi connectivity index (χ2v) is 7.33. The van der Waals surface area contributed by atoms with E-state index in [9.17, 15) is 23.1 Å². The minimum absolute atomic E-state index is 0.0652. The van der Waals surface area contributed by atoms with Gasteiger partial charge in [-0.15, -0.1) is 0 Å². The Morgan fingerprint density at radius 1 is 1.30 bits per heavy atom. The number of hydrogen-bond acceptors (Lipinski definition) is 6. The molecule has 33 heavy (non-hydrogen) atoms. The highest BCUT2D eigenvalue weighted by molar-refractivity contribution is 6.31. The molecule has 4 aromatic rings. The fourth-order valence-corrected chi connectivity index (χ4v) is 3.38. The molecule has 1 amide bonds. The predicted octanol–water partition coefficient (Wildman–Crippen LogP) is 3.43. The van der Waals surface area contributed by atoms with Crippen molar-refractivity contribution in [1.29, 1.82) is 0 Å². The van der Waals surface area contributed by atoms with E-state index in [0.29, 0.717) is 0 Å². The van der Waals surface area contributed by atoms with Gasteiger partial charge in [-0.2, -0.15) is 23.4 Å². The first kappa shape index (κ1) is 22.6. The van der Waals surface area contributed by atoms with Gasteiger partial charge in [-0.25, -0.2) is 9.50 Å². The quantitative estimate of drug-likeness (QED) is 0.438. The standard InChI is InChI=1S/C20H16ClF3N6O3/c1-33-15-4-3-11(21)7-12(15)17-14(9-27-30(17)10-16(31)20(22,23)24)28-19(32)13-8-26-29-6-2-5-25-18(13)29/h2-9,16,31H,10H2,1H3,(H,28,32). The van der Waals surface area contributed by atoms with Crippen molar-refractivity contribution in [2.75, 3.05) is 12.4 Å². The number of carbonyl (C=O) groups excluding carboxylic acids is 1. The summed E-state index contributed by atoms with van der Waals surface area (Å²) in [6.07, 6.45) is -1.96. The molecule has 0 aliphatic heterocycles. The van der Waals surface area contributed by atoms with Crippen LogP contribution in [0.2, 0.25) is 5.02 Å². The molecule has 0 bridgehead atoms. The largest absolute Gasteiger partial charge is 0.496 e. The lowest BCUT2D eigenvalue weighted by atomic mass is 10.1. The Labute approximate surface area is 189 Å². The van der Waals surface area contributed by atoms with Gasteiger partial charge >= 0.3 is 6.18 Å². The molecule has 0 saturated heterocycles. The number of amides is 1. The summed E-state index contributed by atoms with van der Waals surface area (Å²) in [5.74, 6) is -0.335. The van der Waals surface area contributed by atoms with Crippen molar-refractivity contribution in [3.05, 3.63) is 59.6 Å². The number of rotatable bonds is 6. The molecule has 3 heterocycles. The molecular formula is C20H16ClF3N6O3. The van der Waals surface area contributed by atoms with Crippen LogP contribution < -0.4 is 10.1 Å². The molecule has 13 heteroatoms. The van der Waals surface area contributed by atoms with Crippen LogP contribution in [0.3, 0.4) is 0 Å². The van der Waals surface area contributed by atoms with E-state index in [2.05, 4.69) is 20.5 Å². The van der Waals surface area contributed by atoms with Crippen LogP contribution >= 0.6 is 11.6 Å². The first-order valence-electron chi connectivity index (χ1n) is 9.43. The van der Waals surface area contributed by atoms with Crippen molar-refractivity contribution in [2.24, 2.45) is 0 Å². The van der Waals surface area contributed by atoms with Gasteiger partial charge in [-0.3, -0.25) is 9.48 Å². The van der Waals surface area contributed by atoms with E-state index in [-0.39, 0.29) is 38.9 Å². The molecule has 3 aromatic heterocycles. The Hall–Kier alpha value is -3.64. The van der Waals surface area contributed by atoms with Crippen LogP contribution in [-0.2, 0) is 6.54 Å². The van der Waals surface area contributed by atoms with Crippen molar-refractivity contribution < 1.29 is 27.8 Å². The Kier molecular flexibility index (Phi) is 5.95. The number of carbonyl (C=O) groups is 1. The zero-order valence-electron chi connectivity index (χ0n) is 16.9. The monoisotopic (exact) mass is 480 g/mol. The van der Waals surface area contributed by atoms with Crippen LogP contribution in [0.5, 0.6) is 5.75 Å². The smallest absolute Gasteiger partial charge is 0.416 e. The highest BCUT2D eigenvalue weighted by atomic mass is 35.5. The molecule has 0 aliphatic carbocycles. The molecule has 1 unspecified atom stereocenters. The van der Waals surface area contributed by atoms with E-state index in [4.69, 9.17) is 16.3 Å². The second-order valence-electron chi connectivity index (χ2n) is 6.89. The van der Waals surface area contributed by atoms with Crippen molar-refractivity contribution in [2.45, 2.75) is 18.8 Å². The lowest BCUT2D eigenvalue weighted by Gasteiger charge is -2.18. The maximum absolute atomic E-state index is 13.0. The molecule has 0 fully saturated rings. The molecule has 0 spiro atoms. The Bertz CT molecular complexity index is 1320. The van der Waals surface area contributed by atoms with Crippen LogP contribution in [0.4, 0.5) is 18.9 Å². The first-order valence-corrected chi connectivity index (χ1v) is 9.81. The zero-order valence-corrected chi connectivity index (χ0v) is 17.7. The molecule has 9 nitrogen and oxygen atoms in total. The minimum atomic E-state index is -4.87. The third kappa shape index (κ3) is 4.47. The van der Waals surface area contributed by atoms with Crippen LogP contribution in [0.1, 0.15) is 10.4 Å². The summed E-state index contributed by atoms with van der Waals surface area (Å²) >= 11 is 6.10. The first-order chi connectivity index (χ1) is 15.7. The molecule has 2 N–H and O–H groups in total. The summed E-state index contributed by atoms with van der Waals surface area (Å²) in [4.78, 5) is 17.1. The normalized spacial score (nSPS) is 12.7. The van der Waals surface area contributed by atoms with E-state index in [1.807, 2.05) is 0 Å². The molecule has 1 atom stereocenters. The maximum Gasteiger partial charge on any atom is 0.416 e. The Morgan fingerprint density at radius 2 is 2.09 bits per heavy atom. The molecule has 0 radical (unpaired) electrons. The Morgan fingerprint density at radius 3 is 2.82 bits per heavy atom. The van der Waals surface area contributed by atoms with Crippen LogP contribution in [0, 0.1) is 0 Å². The molecule has 1 aromatic carbocycles. The van der Waals surface area contributed by atoms with Gasteiger partial charge in [0.1, 0.15) is 11.3 Å². The zero-order chi connectivity index (χ0) is 23.8. The van der Waals surface area contributed by atoms with E-state index < -0.39 is 24.7 Å². The van der Waals surface area contributed by atoms with Gasteiger partial charge in [0.05, 0.1) is 37.4 Å². The van der Waals surface area contributed by atoms with E-state index >= 15 is 0 Å². The molecule has 0 aliphatic rings. The summed E-state index contributed by atoms with van der Waals surface area (Å²) in [5.41, 5.74) is 0.838. The highest BCUT2D eigenvalue weighted by Crippen LogP contribution is 2.38. The van der Waals surface area contributed by atoms with Gasteiger partial charge in [0.15, 0.2) is 11.8 Å². The topological polar surface area (TPSA) is 107 Å². The van der Waals surface area contributed by atoms with Crippen molar-refractivity contribution in [3.8, 4) is 17.0 Å². The molecule has 4 rings (SSSR count). The van der Waals surface area contributed by atoms with Gasteiger partial charge < -0.3 is 15.2 Å². The van der Waals surface area contributed by atoms with Gasteiger partial charge in [0, 0.05) is 23.0 Å². The van der Waals surface area contributed by atoms with Gasteiger partial charge in [0.2, 0.25) is 0 Å². The van der Waals surface area contributed by atoms with E-state index in [1.165, 1.54) is 48.4 Å². The number of nitrogens with zero attached hydrogens (tertiary/aromatic N) is 5. The average molecular weight is 481 g/mol. The van der Waals surface area contributed by atoms with E-state index in [0.717, 1.165) is 4.68 Å². The molecule has 172 valence electrons. The SMILES string of the molecule is COc1ccc(Cl)cc1-c1c(NC(=O)c2cnn3cccnc23)cnn1CC(O)C(F)(F)F. The van der Waals surface area contributed by atoms with Crippen LogP contribution in [0.25, 0.3) is 16.9 Å².